The summed E-state index contributed by atoms with van der Waals surface area (Å²) in [5.41, 5.74) is 2.39. The summed E-state index contributed by atoms with van der Waals surface area (Å²) in [5.74, 6) is 1.52. The molecular formula is C23H21FN4O2. The Labute approximate surface area is 173 Å². The number of fused-ring (bicyclic) bond motifs is 1. The Bertz CT molecular complexity index is 1230. The highest BCUT2D eigenvalue weighted by Crippen LogP contribution is 2.27. The number of nitrogens with zero attached hydrogens (tertiary/aromatic N) is 4. The number of pyridine rings is 1. The van der Waals surface area contributed by atoms with E-state index in [4.69, 9.17) is 4.42 Å². The van der Waals surface area contributed by atoms with Crippen LogP contribution in [0.25, 0.3) is 16.8 Å². The molecule has 0 saturated carbocycles. The highest BCUT2D eigenvalue weighted by atomic mass is 19.1. The van der Waals surface area contributed by atoms with E-state index in [0.29, 0.717) is 18.8 Å². The topological polar surface area (TPSA) is 63.6 Å². The van der Waals surface area contributed by atoms with E-state index in [1.54, 1.807) is 22.7 Å². The van der Waals surface area contributed by atoms with Crippen LogP contribution in [-0.2, 0) is 0 Å². The quantitative estimate of drug-likeness (QED) is 0.506. The number of halogens is 1. The van der Waals surface area contributed by atoms with Crippen LogP contribution in [-0.4, -0.2) is 38.5 Å². The van der Waals surface area contributed by atoms with Crippen LogP contribution in [0.4, 0.5) is 4.39 Å². The average molecular weight is 404 g/mol. The second-order valence-corrected chi connectivity index (χ2v) is 7.70. The van der Waals surface area contributed by atoms with Crippen molar-refractivity contribution < 1.29 is 13.6 Å². The molecule has 0 aliphatic carbocycles. The summed E-state index contributed by atoms with van der Waals surface area (Å²) in [5, 5.41) is 4.67. The molecule has 5 rings (SSSR count). The van der Waals surface area contributed by atoms with Crippen molar-refractivity contribution >= 4 is 11.6 Å². The minimum absolute atomic E-state index is 0.0660. The maximum Gasteiger partial charge on any atom is 0.289 e. The molecule has 1 aromatic carbocycles. The lowest BCUT2D eigenvalue weighted by Gasteiger charge is -2.30. The van der Waals surface area contributed by atoms with E-state index in [-0.39, 0.29) is 17.6 Å². The third-order valence-corrected chi connectivity index (χ3v) is 5.53. The number of furan rings is 1. The van der Waals surface area contributed by atoms with Crippen LogP contribution in [0.1, 0.15) is 40.9 Å². The van der Waals surface area contributed by atoms with Gasteiger partial charge in [0.2, 0.25) is 0 Å². The SMILES string of the molecule is Cc1ccc(C(=O)N2CCC[C@H](c3nc4ccc(-c5cccc(F)c5)cn4n3)C2)o1. The molecule has 1 atom stereocenters. The van der Waals surface area contributed by atoms with Crippen molar-refractivity contribution in [2.45, 2.75) is 25.7 Å². The fourth-order valence-electron chi connectivity index (χ4n) is 3.99. The molecule has 1 aliphatic rings. The van der Waals surface area contributed by atoms with Crippen molar-refractivity contribution in [3.8, 4) is 11.1 Å². The standard InChI is InChI=1S/C23H21FN4O2/c1-15-7-9-20(30-15)23(29)27-11-3-5-18(13-27)22-25-21-10-8-17(14-28(21)26-22)16-4-2-6-19(24)12-16/h2,4,6-10,12,14,18H,3,5,11,13H2,1H3/t18-/m0/s1. The second-order valence-electron chi connectivity index (χ2n) is 7.70. The van der Waals surface area contributed by atoms with Crippen LogP contribution >= 0.6 is 0 Å². The first-order valence-corrected chi connectivity index (χ1v) is 10.0. The third-order valence-electron chi connectivity index (χ3n) is 5.53. The molecule has 4 aromatic rings. The van der Waals surface area contributed by atoms with Gasteiger partial charge in [-0.2, -0.15) is 5.10 Å². The number of piperidine rings is 1. The molecular weight excluding hydrogens is 383 g/mol. The molecule has 0 radical (unpaired) electrons. The predicted octanol–water partition coefficient (Wildman–Crippen LogP) is 4.46. The zero-order chi connectivity index (χ0) is 20.7. The van der Waals surface area contributed by atoms with E-state index in [9.17, 15) is 9.18 Å². The minimum atomic E-state index is -0.273. The Balaban J connectivity index is 1.39. The minimum Gasteiger partial charge on any atom is -0.456 e. The number of benzene rings is 1. The highest BCUT2D eigenvalue weighted by molar-refractivity contribution is 5.91. The van der Waals surface area contributed by atoms with E-state index < -0.39 is 0 Å². The van der Waals surface area contributed by atoms with Gasteiger partial charge in [0.1, 0.15) is 11.6 Å². The summed E-state index contributed by atoms with van der Waals surface area (Å²) in [4.78, 5) is 19.2. The molecule has 0 unspecified atom stereocenters. The first-order valence-electron chi connectivity index (χ1n) is 10.0. The van der Waals surface area contributed by atoms with Gasteiger partial charge in [0, 0.05) is 30.8 Å². The Morgan fingerprint density at radius 1 is 1.17 bits per heavy atom. The summed E-state index contributed by atoms with van der Waals surface area (Å²) in [6.07, 6.45) is 3.67. The van der Waals surface area contributed by atoms with Gasteiger partial charge >= 0.3 is 0 Å². The lowest BCUT2D eigenvalue weighted by molar-refractivity contribution is 0.0671. The van der Waals surface area contributed by atoms with Crippen LogP contribution in [0.3, 0.4) is 0 Å². The number of carbonyl (C=O) groups excluding carboxylic acids is 1. The number of hydrogen-bond acceptors (Lipinski definition) is 4. The number of aromatic nitrogens is 3. The lowest BCUT2D eigenvalue weighted by Crippen LogP contribution is -2.39. The monoisotopic (exact) mass is 404 g/mol. The fourth-order valence-corrected chi connectivity index (χ4v) is 3.99. The number of likely N-dealkylation sites (tertiary alicyclic amines) is 1. The van der Waals surface area contributed by atoms with Crippen molar-refractivity contribution in [1.29, 1.82) is 0 Å². The average Bonchev–Trinajstić information content (AvgIpc) is 3.39. The number of aryl methyl sites for hydroxylation is 1. The van der Waals surface area contributed by atoms with Crippen molar-refractivity contribution in [3.63, 3.8) is 0 Å². The van der Waals surface area contributed by atoms with Gasteiger partial charge in [-0.15, -0.1) is 0 Å². The molecule has 1 fully saturated rings. The summed E-state index contributed by atoms with van der Waals surface area (Å²) >= 11 is 0. The molecule has 6 nitrogen and oxygen atoms in total. The Morgan fingerprint density at radius 2 is 2.07 bits per heavy atom. The van der Waals surface area contributed by atoms with Crippen LogP contribution in [0, 0.1) is 12.7 Å². The van der Waals surface area contributed by atoms with Gasteiger partial charge in [0.25, 0.3) is 5.91 Å². The molecule has 0 N–H and O–H groups in total. The number of hydrogen-bond donors (Lipinski definition) is 0. The predicted molar refractivity (Wildman–Crippen MR) is 110 cm³/mol. The Hall–Kier alpha value is -3.48. The van der Waals surface area contributed by atoms with Crippen LogP contribution in [0.15, 0.2) is 59.1 Å². The van der Waals surface area contributed by atoms with Crippen molar-refractivity contribution in [2.24, 2.45) is 0 Å². The van der Waals surface area contributed by atoms with Crippen LogP contribution in [0.5, 0.6) is 0 Å². The molecule has 1 aliphatic heterocycles. The normalized spacial score (nSPS) is 16.9. The van der Waals surface area contributed by atoms with E-state index in [2.05, 4.69) is 10.1 Å². The van der Waals surface area contributed by atoms with Gasteiger partial charge in [0.15, 0.2) is 17.2 Å². The molecule has 0 bridgehead atoms. The maximum absolute atomic E-state index is 13.6. The first kappa shape index (κ1) is 18.5. The van der Waals surface area contributed by atoms with Crippen molar-refractivity contribution in [2.75, 3.05) is 13.1 Å². The van der Waals surface area contributed by atoms with Crippen molar-refractivity contribution in [3.05, 3.63) is 77.9 Å². The molecule has 152 valence electrons. The van der Waals surface area contributed by atoms with Crippen LogP contribution in [0.2, 0.25) is 0 Å². The molecule has 1 amide bonds. The molecule has 3 aromatic heterocycles. The Kier molecular flexibility index (Phi) is 4.58. The zero-order valence-electron chi connectivity index (χ0n) is 16.6. The fraction of sp³-hybridized carbons (Fsp3) is 0.261. The molecule has 4 heterocycles. The number of rotatable bonds is 3. The largest absolute Gasteiger partial charge is 0.456 e. The van der Waals surface area contributed by atoms with E-state index in [1.165, 1.54) is 12.1 Å². The molecule has 30 heavy (non-hydrogen) atoms. The van der Waals surface area contributed by atoms with Gasteiger partial charge in [-0.1, -0.05) is 12.1 Å². The van der Waals surface area contributed by atoms with Gasteiger partial charge < -0.3 is 9.32 Å². The molecule has 7 heteroatoms. The molecule has 1 saturated heterocycles. The van der Waals surface area contributed by atoms with Gasteiger partial charge in [0.05, 0.1) is 0 Å². The first-order chi connectivity index (χ1) is 14.6. The maximum atomic E-state index is 13.6. The van der Waals surface area contributed by atoms with Crippen molar-refractivity contribution in [1.82, 2.24) is 19.5 Å². The third kappa shape index (κ3) is 3.47. The summed E-state index contributed by atoms with van der Waals surface area (Å²) in [6.45, 7) is 3.09. The van der Waals surface area contributed by atoms with E-state index in [0.717, 1.165) is 41.2 Å². The second kappa shape index (κ2) is 7.40. The van der Waals surface area contributed by atoms with E-state index >= 15 is 0 Å². The van der Waals surface area contributed by atoms with Gasteiger partial charge in [-0.25, -0.2) is 13.9 Å². The highest BCUT2D eigenvalue weighted by Gasteiger charge is 2.29. The number of carbonyl (C=O) groups is 1. The summed E-state index contributed by atoms with van der Waals surface area (Å²) < 4.78 is 20.8. The lowest BCUT2D eigenvalue weighted by atomic mass is 9.97. The summed E-state index contributed by atoms with van der Waals surface area (Å²) in [6, 6.07) is 13.8. The van der Waals surface area contributed by atoms with Gasteiger partial charge in [-0.05, 0) is 61.7 Å². The Morgan fingerprint density at radius 3 is 2.87 bits per heavy atom. The smallest absolute Gasteiger partial charge is 0.289 e. The number of amides is 1. The van der Waals surface area contributed by atoms with Gasteiger partial charge in [-0.3, -0.25) is 4.79 Å². The van der Waals surface area contributed by atoms with Crippen LogP contribution < -0.4 is 0 Å². The van der Waals surface area contributed by atoms with E-state index in [1.807, 2.05) is 36.2 Å². The molecule has 0 spiro atoms. The zero-order valence-corrected chi connectivity index (χ0v) is 16.6. The summed E-state index contributed by atoms with van der Waals surface area (Å²) in [7, 11) is 0.